The maximum Gasteiger partial charge on any atom is 0.472 e. The molecule has 0 aromatic carbocycles. The highest BCUT2D eigenvalue weighted by Crippen LogP contribution is 2.45. The molecule has 5 atom stereocenters. The molecule has 3 unspecified atom stereocenters. The average Bonchev–Trinajstić information content (AvgIpc) is 1.30. The van der Waals surface area contributed by atoms with Crippen molar-refractivity contribution >= 4 is 39.5 Å². The summed E-state index contributed by atoms with van der Waals surface area (Å²) in [5.74, 6) is 0.918. The SMILES string of the molecule is CC(C)CCCCCCCCCCCCCCCCCCC(=O)O[C@H](COC(=O)CCCCCCCCCCCCC(C)C)COP(=O)(O)OCC(O)COP(=O)(O)OC[C@@H](COC(=O)CCCCCCCCCC(C)C)OC(=O)CCCCCCCCCCCCCC(C)C. The van der Waals surface area contributed by atoms with Crippen LogP contribution in [-0.4, -0.2) is 96.7 Å². The lowest BCUT2D eigenvalue weighted by molar-refractivity contribution is -0.161. The quantitative estimate of drug-likeness (QED) is 0.0222. The number of unbranched alkanes of at least 4 members (excludes halogenated alkanes) is 40. The second-order valence-corrected chi connectivity index (χ2v) is 32.6. The van der Waals surface area contributed by atoms with Crippen LogP contribution in [-0.2, 0) is 65.4 Å². The molecular formula is C77H150O17P2. The van der Waals surface area contributed by atoms with Gasteiger partial charge in [0.2, 0.25) is 0 Å². The Morgan fingerprint density at radius 1 is 0.260 bits per heavy atom. The molecule has 0 fully saturated rings. The third-order valence-corrected chi connectivity index (χ3v) is 19.7. The fraction of sp³-hybridized carbons (Fsp3) is 0.948. The maximum absolute atomic E-state index is 13.1. The minimum atomic E-state index is -4.96. The number of aliphatic hydroxyl groups is 1. The summed E-state index contributed by atoms with van der Waals surface area (Å²) in [5, 5.41) is 10.6. The molecule has 0 radical (unpaired) electrons. The number of hydrogen-bond acceptors (Lipinski definition) is 15. The number of phosphoric acid groups is 2. The van der Waals surface area contributed by atoms with Crippen molar-refractivity contribution in [2.24, 2.45) is 23.7 Å². The zero-order valence-electron chi connectivity index (χ0n) is 63.0. The summed E-state index contributed by atoms with van der Waals surface area (Å²) >= 11 is 0. The fourth-order valence-electron chi connectivity index (χ4n) is 11.7. The second-order valence-electron chi connectivity index (χ2n) is 29.7. The largest absolute Gasteiger partial charge is 0.472 e. The van der Waals surface area contributed by atoms with Crippen LogP contribution in [0.3, 0.4) is 0 Å². The highest BCUT2D eigenvalue weighted by molar-refractivity contribution is 7.47. The van der Waals surface area contributed by atoms with Crippen LogP contribution >= 0.6 is 15.6 Å². The zero-order valence-corrected chi connectivity index (χ0v) is 64.8. The van der Waals surface area contributed by atoms with E-state index < -0.39 is 97.5 Å². The third-order valence-electron chi connectivity index (χ3n) is 17.8. The molecule has 17 nitrogen and oxygen atoms in total. The number of carbonyl (C=O) groups excluding carboxylic acids is 4. The molecule has 0 aromatic heterocycles. The van der Waals surface area contributed by atoms with E-state index in [-0.39, 0.29) is 25.7 Å². The van der Waals surface area contributed by atoms with Crippen molar-refractivity contribution in [3.63, 3.8) is 0 Å². The summed E-state index contributed by atoms with van der Waals surface area (Å²) in [6.07, 6.45) is 51.4. The number of phosphoric ester groups is 2. The predicted octanol–water partition coefficient (Wildman–Crippen LogP) is 22.4. The molecule has 570 valence electrons. The van der Waals surface area contributed by atoms with E-state index in [0.29, 0.717) is 31.6 Å². The zero-order chi connectivity index (χ0) is 71.0. The molecule has 0 heterocycles. The van der Waals surface area contributed by atoms with Gasteiger partial charge in [-0.05, 0) is 49.4 Å². The van der Waals surface area contributed by atoms with Crippen LogP contribution in [0.4, 0.5) is 0 Å². The molecule has 0 aliphatic heterocycles. The third kappa shape index (κ3) is 70.5. The molecule has 19 heteroatoms. The normalized spacial score (nSPS) is 14.1. The van der Waals surface area contributed by atoms with E-state index in [1.54, 1.807) is 0 Å². The van der Waals surface area contributed by atoms with E-state index in [2.05, 4.69) is 55.4 Å². The van der Waals surface area contributed by atoms with Crippen molar-refractivity contribution < 1.29 is 80.2 Å². The molecule has 0 amide bonds. The van der Waals surface area contributed by atoms with Gasteiger partial charge in [-0.25, -0.2) is 9.13 Å². The lowest BCUT2D eigenvalue weighted by Gasteiger charge is -2.21. The van der Waals surface area contributed by atoms with Gasteiger partial charge in [0.1, 0.15) is 19.3 Å². The summed E-state index contributed by atoms with van der Waals surface area (Å²) in [5.41, 5.74) is 0. The Morgan fingerprint density at radius 2 is 0.438 bits per heavy atom. The van der Waals surface area contributed by atoms with E-state index in [1.807, 2.05) is 0 Å². The molecule has 96 heavy (non-hydrogen) atoms. The molecule has 0 saturated heterocycles. The van der Waals surface area contributed by atoms with E-state index in [9.17, 15) is 43.2 Å². The molecule has 0 rings (SSSR count). The Morgan fingerprint density at radius 3 is 0.646 bits per heavy atom. The monoisotopic (exact) mass is 1410 g/mol. The van der Waals surface area contributed by atoms with Gasteiger partial charge in [-0.3, -0.25) is 37.3 Å². The minimum Gasteiger partial charge on any atom is -0.462 e. The van der Waals surface area contributed by atoms with Gasteiger partial charge in [-0.2, -0.15) is 0 Å². The molecule has 0 aliphatic carbocycles. The Hall–Kier alpha value is -1.94. The molecule has 0 saturated carbocycles. The van der Waals surface area contributed by atoms with Crippen molar-refractivity contribution in [3.8, 4) is 0 Å². The van der Waals surface area contributed by atoms with Crippen molar-refractivity contribution in [3.05, 3.63) is 0 Å². The number of carbonyl (C=O) groups is 4. The van der Waals surface area contributed by atoms with E-state index in [0.717, 1.165) is 114 Å². The van der Waals surface area contributed by atoms with Crippen molar-refractivity contribution in [2.75, 3.05) is 39.6 Å². The van der Waals surface area contributed by atoms with Gasteiger partial charge in [0.25, 0.3) is 0 Å². The predicted molar refractivity (Wildman–Crippen MR) is 391 cm³/mol. The summed E-state index contributed by atoms with van der Waals surface area (Å²) in [6.45, 7) is 14.2. The van der Waals surface area contributed by atoms with Gasteiger partial charge in [-0.1, -0.05) is 338 Å². The van der Waals surface area contributed by atoms with Gasteiger partial charge in [-0.15, -0.1) is 0 Å². The first kappa shape index (κ1) is 94.1. The van der Waals surface area contributed by atoms with Crippen LogP contribution in [0.15, 0.2) is 0 Å². The first-order valence-corrected chi connectivity index (χ1v) is 42.7. The van der Waals surface area contributed by atoms with Crippen molar-refractivity contribution in [1.82, 2.24) is 0 Å². The fourth-order valence-corrected chi connectivity index (χ4v) is 13.3. The summed E-state index contributed by atoms with van der Waals surface area (Å²) in [7, 11) is -9.91. The van der Waals surface area contributed by atoms with Gasteiger partial charge in [0.05, 0.1) is 26.4 Å². The standard InChI is InChI=1S/C77H150O17P2/c1-67(2)53-45-37-29-22-16-13-11-9-10-12-14-18-26-34-43-51-59-76(81)93-72(63-87-74(79)57-49-41-33-25-21-20-24-31-39-47-55-69(5)6)65-91-95(83,84)89-61-71(78)62-90-96(85,86)92-66-73(64-88-75(80)58-50-42-36-28-32-40-48-56-70(7)8)94-77(82)60-52-44-35-27-19-15-17-23-30-38-46-54-68(3)4/h67-73,78H,9-66H2,1-8H3,(H,83,84)(H,85,86)/t71?,72-,73-/m1/s1. The lowest BCUT2D eigenvalue weighted by Crippen LogP contribution is -2.30. The van der Waals surface area contributed by atoms with Crippen LogP contribution in [0.5, 0.6) is 0 Å². The molecule has 0 bridgehead atoms. The van der Waals surface area contributed by atoms with E-state index in [1.165, 1.54) is 186 Å². The second kappa shape index (κ2) is 66.3. The number of hydrogen-bond donors (Lipinski definition) is 3. The molecule has 3 N–H and O–H groups in total. The van der Waals surface area contributed by atoms with Crippen molar-refractivity contribution in [1.29, 1.82) is 0 Å². The van der Waals surface area contributed by atoms with Crippen molar-refractivity contribution in [2.45, 2.75) is 408 Å². The molecular weight excluding hydrogens is 1260 g/mol. The van der Waals surface area contributed by atoms with Crippen LogP contribution < -0.4 is 0 Å². The topological polar surface area (TPSA) is 237 Å². The molecule has 0 spiro atoms. The van der Waals surface area contributed by atoms with E-state index >= 15 is 0 Å². The Bertz CT molecular complexity index is 1880. The Balaban J connectivity index is 5.24. The minimum absolute atomic E-state index is 0.105. The van der Waals surface area contributed by atoms with E-state index in [4.69, 9.17) is 37.0 Å². The maximum atomic E-state index is 13.1. The van der Waals surface area contributed by atoms with Gasteiger partial charge >= 0.3 is 39.5 Å². The first-order valence-electron chi connectivity index (χ1n) is 39.7. The summed E-state index contributed by atoms with van der Waals surface area (Å²) < 4.78 is 68.6. The molecule has 0 aromatic rings. The summed E-state index contributed by atoms with van der Waals surface area (Å²) in [6, 6.07) is 0. The van der Waals surface area contributed by atoms with Crippen LogP contribution in [0.25, 0.3) is 0 Å². The highest BCUT2D eigenvalue weighted by atomic mass is 31.2. The Labute approximate surface area is 588 Å². The van der Waals surface area contributed by atoms with Gasteiger partial charge < -0.3 is 33.8 Å². The van der Waals surface area contributed by atoms with Crippen LogP contribution in [0.2, 0.25) is 0 Å². The first-order chi connectivity index (χ1) is 46.1. The number of ether oxygens (including phenoxy) is 4. The highest BCUT2D eigenvalue weighted by Gasteiger charge is 2.30. The Kier molecular flexibility index (Phi) is 65.0. The van der Waals surface area contributed by atoms with Gasteiger partial charge in [0, 0.05) is 25.7 Å². The average molecular weight is 1410 g/mol. The smallest absolute Gasteiger partial charge is 0.462 e. The number of esters is 4. The summed E-state index contributed by atoms with van der Waals surface area (Å²) in [4.78, 5) is 72.8. The number of aliphatic hydroxyl groups excluding tert-OH is 1. The van der Waals surface area contributed by atoms with Gasteiger partial charge in [0.15, 0.2) is 12.2 Å². The van der Waals surface area contributed by atoms with Crippen LogP contribution in [0, 0.1) is 23.7 Å². The number of rotatable bonds is 74. The molecule has 0 aliphatic rings. The lowest BCUT2D eigenvalue weighted by atomic mass is 10.0. The van der Waals surface area contributed by atoms with Crippen LogP contribution in [0.1, 0.15) is 389 Å².